The Kier molecular flexibility index (Phi) is 2.26. The molecule has 2 aromatic rings. The number of nitrogens with zero attached hydrogens (tertiary/aromatic N) is 11. The molecule has 0 amide bonds. The van der Waals surface area contributed by atoms with Crippen molar-refractivity contribution in [2.75, 3.05) is 0 Å². The molecule has 0 bridgehead atoms. The molecule has 11 heteroatoms. The van der Waals surface area contributed by atoms with E-state index in [2.05, 4.69) is 46.6 Å². The Balaban J connectivity index is 1.96. The molecular formula is C4H6N11-. The quantitative estimate of drug-likeness (QED) is 0.491. The zero-order valence-electron chi connectivity index (χ0n) is 7.92. The summed E-state index contributed by atoms with van der Waals surface area (Å²) >= 11 is 0. The van der Waals surface area contributed by atoms with E-state index in [-0.39, 0.29) is 11.9 Å². The first-order valence-corrected chi connectivity index (χ1v) is 3.84. The topological polar surface area (TPSA) is 126 Å². The first-order valence-electron chi connectivity index (χ1n) is 3.84. The summed E-state index contributed by atoms with van der Waals surface area (Å²) in [5.74, 6) is 0.232. The fourth-order valence-corrected chi connectivity index (χ4v) is 0.731. The third-order valence-electron chi connectivity index (χ3n) is 1.26. The van der Waals surface area contributed by atoms with Crippen molar-refractivity contribution in [3.63, 3.8) is 0 Å². The molecule has 15 heavy (non-hydrogen) atoms. The van der Waals surface area contributed by atoms with Crippen molar-refractivity contribution < 1.29 is 0 Å². The van der Waals surface area contributed by atoms with Crippen LogP contribution < -0.4 is 0 Å². The fourth-order valence-electron chi connectivity index (χ4n) is 0.731. The summed E-state index contributed by atoms with van der Waals surface area (Å²) in [5, 5.41) is 28.8. The fraction of sp³-hybridized carbons (Fsp3) is 0.500. The van der Waals surface area contributed by atoms with E-state index in [1.165, 1.54) is 9.59 Å². The lowest BCUT2D eigenvalue weighted by Gasteiger charge is -1.93. The van der Waals surface area contributed by atoms with Gasteiger partial charge in [0, 0.05) is 7.05 Å². The first kappa shape index (κ1) is 9.11. The van der Waals surface area contributed by atoms with E-state index in [9.17, 15) is 0 Å². The Labute approximate surface area is 83.2 Å². The van der Waals surface area contributed by atoms with Crippen molar-refractivity contribution in [2.24, 2.45) is 24.4 Å². The number of aryl methyl sites for hydroxylation is 2. The van der Waals surface area contributed by atoms with Crippen LogP contribution >= 0.6 is 0 Å². The minimum absolute atomic E-state index is 0.116. The zero-order valence-corrected chi connectivity index (χ0v) is 7.92. The minimum atomic E-state index is 0.116. The van der Waals surface area contributed by atoms with Crippen molar-refractivity contribution in [3.05, 3.63) is 5.43 Å². The Morgan fingerprint density at radius 2 is 1.80 bits per heavy atom. The van der Waals surface area contributed by atoms with Crippen LogP contribution in [0.2, 0.25) is 0 Å². The molecule has 0 saturated carbocycles. The largest absolute Gasteiger partial charge is 0.255 e. The van der Waals surface area contributed by atoms with Crippen LogP contribution in [0, 0.1) is 0 Å². The van der Waals surface area contributed by atoms with Crippen molar-refractivity contribution in [2.45, 2.75) is 0 Å². The summed E-state index contributed by atoms with van der Waals surface area (Å²) in [6, 6.07) is 0. The van der Waals surface area contributed by atoms with Gasteiger partial charge in [0.05, 0.1) is 7.05 Å². The van der Waals surface area contributed by atoms with Gasteiger partial charge in [-0.1, -0.05) is 5.10 Å². The van der Waals surface area contributed by atoms with E-state index >= 15 is 0 Å². The highest BCUT2D eigenvalue weighted by molar-refractivity contribution is 5.24. The molecule has 0 aliphatic heterocycles. The van der Waals surface area contributed by atoms with Gasteiger partial charge in [-0.25, -0.2) is 20.4 Å². The zero-order chi connectivity index (χ0) is 10.7. The highest BCUT2D eigenvalue weighted by Crippen LogP contribution is 2.10. The smallest absolute Gasteiger partial charge is 0.233 e. The van der Waals surface area contributed by atoms with Crippen LogP contribution in [0.5, 0.6) is 0 Å². The second-order valence-electron chi connectivity index (χ2n) is 2.45. The lowest BCUT2D eigenvalue weighted by Crippen LogP contribution is -1.91. The van der Waals surface area contributed by atoms with Gasteiger partial charge in [-0.2, -0.15) is 15.1 Å². The van der Waals surface area contributed by atoms with Crippen LogP contribution in [0.25, 0.3) is 5.43 Å². The monoisotopic (exact) mass is 208 g/mol. The molecule has 0 N–H and O–H groups in total. The summed E-state index contributed by atoms with van der Waals surface area (Å²) in [7, 11) is 3.24. The average molecular weight is 208 g/mol. The summed E-state index contributed by atoms with van der Waals surface area (Å²) < 4.78 is 0. The Morgan fingerprint density at radius 3 is 2.40 bits per heavy atom. The molecule has 0 saturated heterocycles. The number of aromatic nitrogens is 8. The molecule has 0 aliphatic carbocycles. The highest BCUT2D eigenvalue weighted by atomic mass is 15.6. The minimum Gasteiger partial charge on any atom is -0.233 e. The van der Waals surface area contributed by atoms with Gasteiger partial charge in [0.2, 0.25) is 0 Å². The molecule has 2 heterocycles. The third-order valence-corrected chi connectivity index (χ3v) is 1.26. The standard InChI is InChI=1S/C4H6N11/c1-14-9-3(7-12-14)5-11-6-4-8-13-15(2)10-4/h1-2H3/q-1. The molecule has 0 aromatic carbocycles. The predicted molar refractivity (Wildman–Crippen MR) is 45.1 cm³/mol. The lowest BCUT2D eigenvalue weighted by atomic mass is 11.1. The van der Waals surface area contributed by atoms with Crippen LogP contribution in [-0.2, 0) is 14.1 Å². The summed E-state index contributed by atoms with van der Waals surface area (Å²) in [6.07, 6.45) is 0. The van der Waals surface area contributed by atoms with Gasteiger partial charge in [0.15, 0.2) is 0 Å². The molecule has 78 valence electrons. The molecule has 0 unspecified atom stereocenters. The van der Waals surface area contributed by atoms with Crippen LogP contribution in [0.1, 0.15) is 0 Å². The maximum absolute atomic E-state index is 3.76. The van der Waals surface area contributed by atoms with Crippen molar-refractivity contribution in [1.29, 1.82) is 0 Å². The van der Waals surface area contributed by atoms with Crippen molar-refractivity contribution >= 4 is 11.9 Å². The summed E-state index contributed by atoms with van der Waals surface area (Å²) in [4.78, 5) is 2.52. The first-order chi connectivity index (χ1) is 7.24. The Bertz CT molecular complexity index is 464. The third kappa shape index (κ3) is 2.26. The number of hydrogen-bond donors (Lipinski definition) is 0. The predicted octanol–water partition coefficient (Wildman–Crippen LogP) is -0.562. The molecule has 2 aromatic heterocycles. The molecule has 11 nitrogen and oxygen atoms in total. The van der Waals surface area contributed by atoms with Gasteiger partial charge in [-0.05, 0) is 5.21 Å². The summed E-state index contributed by atoms with van der Waals surface area (Å²) in [5.41, 5.74) is 3.57. The molecule has 2 rings (SSSR count). The number of rotatable bonds is 3. The number of tetrazole rings is 2. The molecular weight excluding hydrogens is 202 g/mol. The maximum Gasteiger partial charge on any atom is 0.255 e. The number of hydrogen-bond acceptors (Lipinski definition) is 8. The Morgan fingerprint density at radius 1 is 1.07 bits per heavy atom. The van der Waals surface area contributed by atoms with E-state index in [4.69, 9.17) is 0 Å². The maximum atomic E-state index is 3.76. The van der Waals surface area contributed by atoms with E-state index in [1.54, 1.807) is 14.1 Å². The molecule has 0 radical (unpaired) electrons. The Hall–Kier alpha value is -2.46. The molecule has 0 spiro atoms. The SMILES string of the molecule is Cn1nnc(/N=N/[N-]c2nnn(C)n2)n1. The average Bonchev–Trinajstić information content (AvgIpc) is 2.76. The van der Waals surface area contributed by atoms with Crippen molar-refractivity contribution in [1.82, 2.24) is 40.4 Å². The van der Waals surface area contributed by atoms with E-state index < -0.39 is 0 Å². The van der Waals surface area contributed by atoms with Crippen LogP contribution in [-0.4, -0.2) is 40.4 Å². The normalized spacial score (nSPS) is 11.1. The van der Waals surface area contributed by atoms with Gasteiger partial charge in [0.1, 0.15) is 5.95 Å². The van der Waals surface area contributed by atoms with Gasteiger partial charge < -0.3 is 0 Å². The van der Waals surface area contributed by atoms with Gasteiger partial charge in [-0.3, -0.25) is 0 Å². The lowest BCUT2D eigenvalue weighted by molar-refractivity contribution is 0.630. The van der Waals surface area contributed by atoms with E-state index in [1.807, 2.05) is 0 Å². The van der Waals surface area contributed by atoms with Gasteiger partial charge in [-0.15, -0.1) is 10.3 Å². The van der Waals surface area contributed by atoms with Crippen LogP contribution in [0.15, 0.2) is 10.3 Å². The highest BCUT2D eigenvalue weighted by Gasteiger charge is 1.92. The van der Waals surface area contributed by atoms with E-state index in [0.717, 1.165) is 0 Å². The van der Waals surface area contributed by atoms with Gasteiger partial charge in [0.25, 0.3) is 5.95 Å². The summed E-state index contributed by atoms with van der Waals surface area (Å²) in [6.45, 7) is 0. The van der Waals surface area contributed by atoms with Crippen molar-refractivity contribution in [3.8, 4) is 0 Å². The molecule has 0 fully saturated rings. The second-order valence-corrected chi connectivity index (χ2v) is 2.45. The van der Waals surface area contributed by atoms with E-state index in [0.29, 0.717) is 0 Å². The molecule has 0 aliphatic rings. The van der Waals surface area contributed by atoms with Crippen LogP contribution in [0.3, 0.4) is 0 Å². The van der Waals surface area contributed by atoms with Gasteiger partial charge >= 0.3 is 0 Å². The second kappa shape index (κ2) is 3.73. The van der Waals surface area contributed by atoms with Crippen LogP contribution in [0.4, 0.5) is 11.9 Å². The molecule has 0 atom stereocenters.